The summed E-state index contributed by atoms with van der Waals surface area (Å²) in [4.78, 5) is 18.6. The summed E-state index contributed by atoms with van der Waals surface area (Å²) in [6.45, 7) is 2.36. The van der Waals surface area contributed by atoms with Crippen molar-refractivity contribution in [1.82, 2.24) is 15.5 Å². The normalized spacial score (nSPS) is 15.4. The lowest BCUT2D eigenvalue weighted by atomic mass is 10.1. The van der Waals surface area contributed by atoms with Crippen LogP contribution in [0.4, 0.5) is 13.2 Å². The maximum absolute atomic E-state index is 12.6. The van der Waals surface area contributed by atoms with Crippen molar-refractivity contribution in [3.8, 4) is 5.75 Å². The Labute approximate surface area is 185 Å². The van der Waals surface area contributed by atoms with Gasteiger partial charge >= 0.3 is 6.18 Å². The molecule has 2 aromatic rings. The van der Waals surface area contributed by atoms with E-state index in [1.807, 2.05) is 30.3 Å². The van der Waals surface area contributed by atoms with Gasteiger partial charge in [0.15, 0.2) is 5.96 Å². The summed E-state index contributed by atoms with van der Waals surface area (Å²) in [7, 11) is 1.70. The second-order valence-electron chi connectivity index (χ2n) is 7.42. The second kappa shape index (κ2) is 10.9. The number of amides is 1. The van der Waals surface area contributed by atoms with Crippen LogP contribution in [0, 0.1) is 0 Å². The lowest BCUT2D eigenvalue weighted by Crippen LogP contribution is -2.48. The number of hydrogen-bond donors (Lipinski definition) is 2. The quantitative estimate of drug-likeness (QED) is 0.403. The van der Waals surface area contributed by atoms with E-state index in [1.165, 1.54) is 12.1 Å². The van der Waals surface area contributed by atoms with Crippen molar-refractivity contribution in [2.45, 2.75) is 25.1 Å². The standard InChI is InChI=1S/C23H27F3N4O2/c1-27-22(30-15-11-20(12-16-30)32-19-5-3-2-4-6-19)29-14-13-28-21(31)17-7-9-18(10-8-17)23(24,25)26/h2-10,20H,11-16H2,1H3,(H,27,29)(H,28,31). The molecule has 0 unspecified atom stereocenters. The highest BCUT2D eigenvalue weighted by Gasteiger charge is 2.30. The number of likely N-dealkylation sites (tertiary alicyclic amines) is 1. The van der Waals surface area contributed by atoms with Crippen LogP contribution in [0.1, 0.15) is 28.8 Å². The Kier molecular flexibility index (Phi) is 7.97. The van der Waals surface area contributed by atoms with Crippen LogP contribution < -0.4 is 15.4 Å². The molecule has 1 aliphatic rings. The third-order valence-corrected chi connectivity index (χ3v) is 5.17. The first kappa shape index (κ1) is 23.4. The molecule has 0 atom stereocenters. The lowest BCUT2D eigenvalue weighted by molar-refractivity contribution is -0.137. The van der Waals surface area contributed by atoms with E-state index in [4.69, 9.17) is 4.74 Å². The van der Waals surface area contributed by atoms with E-state index in [9.17, 15) is 18.0 Å². The summed E-state index contributed by atoms with van der Waals surface area (Å²) in [5.74, 6) is 1.19. The number of para-hydroxylation sites is 1. The Morgan fingerprint density at radius 3 is 2.25 bits per heavy atom. The summed E-state index contributed by atoms with van der Waals surface area (Å²) in [5.41, 5.74) is -0.597. The van der Waals surface area contributed by atoms with E-state index in [0.717, 1.165) is 49.8 Å². The fraction of sp³-hybridized carbons (Fsp3) is 0.391. The van der Waals surface area contributed by atoms with Crippen molar-refractivity contribution >= 4 is 11.9 Å². The van der Waals surface area contributed by atoms with Crippen LogP contribution in [0.15, 0.2) is 59.6 Å². The Balaban J connectivity index is 1.38. The Morgan fingerprint density at radius 2 is 1.66 bits per heavy atom. The molecule has 0 aliphatic carbocycles. The molecule has 3 rings (SSSR count). The zero-order valence-electron chi connectivity index (χ0n) is 17.9. The van der Waals surface area contributed by atoms with E-state index in [-0.39, 0.29) is 11.7 Å². The van der Waals surface area contributed by atoms with E-state index in [0.29, 0.717) is 13.1 Å². The van der Waals surface area contributed by atoms with Crippen LogP contribution in [0.2, 0.25) is 0 Å². The summed E-state index contributed by atoms with van der Waals surface area (Å²) in [6, 6.07) is 13.9. The van der Waals surface area contributed by atoms with Gasteiger partial charge in [0.25, 0.3) is 5.91 Å². The van der Waals surface area contributed by atoms with E-state index >= 15 is 0 Å². The fourth-order valence-corrected chi connectivity index (χ4v) is 3.47. The van der Waals surface area contributed by atoms with Crippen LogP contribution in [0.5, 0.6) is 5.75 Å². The van der Waals surface area contributed by atoms with Crippen LogP contribution in [0.3, 0.4) is 0 Å². The molecule has 1 saturated heterocycles. The minimum Gasteiger partial charge on any atom is -0.490 e. The van der Waals surface area contributed by atoms with E-state index in [2.05, 4.69) is 20.5 Å². The SMILES string of the molecule is CN=C(NCCNC(=O)c1ccc(C(F)(F)F)cc1)N1CCC(Oc2ccccc2)CC1. The molecule has 172 valence electrons. The number of carbonyl (C=O) groups is 1. The molecule has 6 nitrogen and oxygen atoms in total. The number of alkyl halides is 3. The minimum atomic E-state index is -4.42. The van der Waals surface area contributed by atoms with Crippen molar-refractivity contribution in [1.29, 1.82) is 0 Å². The van der Waals surface area contributed by atoms with Crippen LogP contribution in [-0.4, -0.2) is 56.1 Å². The summed E-state index contributed by atoms with van der Waals surface area (Å²) < 4.78 is 43.9. The monoisotopic (exact) mass is 448 g/mol. The van der Waals surface area contributed by atoms with Gasteiger partial charge in [-0.05, 0) is 36.4 Å². The van der Waals surface area contributed by atoms with Gasteiger partial charge in [0.2, 0.25) is 0 Å². The van der Waals surface area contributed by atoms with Gasteiger partial charge in [0, 0.05) is 51.6 Å². The number of halogens is 3. The van der Waals surface area contributed by atoms with Gasteiger partial charge in [-0.25, -0.2) is 0 Å². The number of hydrogen-bond acceptors (Lipinski definition) is 3. The van der Waals surface area contributed by atoms with Gasteiger partial charge in [-0.3, -0.25) is 9.79 Å². The average molecular weight is 448 g/mol. The topological polar surface area (TPSA) is 66.0 Å². The predicted molar refractivity (Wildman–Crippen MR) is 117 cm³/mol. The molecular weight excluding hydrogens is 421 g/mol. The van der Waals surface area contributed by atoms with Crippen LogP contribution in [0.25, 0.3) is 0 Å². The number of nitrogens with one attached hydrogen (secondary N) is 2. The molecule has 2 N–H and O–H groups in total. The van der Waals surface area contributed by atoms with Crippen molar-refractivity contribution in [2.75, 3.05) is 33.2 Å². The van der Waals surface area contributed by atoms with Crippen LogP contribution >= 0.6 is 0 Å². The highest BCUT2D eigenvalue weighted by atomic mass is 19.4. The second-order valence-corrected chi connectivity index (χ2v) is 7.42. The molecule has 2 aromatic carbocycles. The van der Waals surface area contributed by atoms with Gasteiger partial charge in [-0.1, -0.05) is 18.2 Å². The van der Waals surface area contributed by atoms with E-state index in [1.54, 1.807) is 7.05 Å². The lowest BCUT2D eigenvalue weighted by Gasteiger charge is -2.34. The molecular formula is C23H27F3N4O2. The number of rotatable bonds is 6. The zero-order valence-corrected chi connectivity index (χ0v) is 17.9. The smallest absolute Gasteiger partial charge is 0.416 e. The van der Waals surface area contributed by atoms with Crippen molar-refractivity contribution in [3.63, 3.8) is 0 Å². The number of nitrogens with zero attached hydrogens (tertiary/aromatic N) is 2. The molecule has 1 amide bonds. The number of aliphatic imine (C=N–C) groups is 1. The Hall–Kier alpha value is -3.23. The van der Waals surface area contributed by atoms with Gasteiger partial charge < -0.3 is 20.3 Å². The summed E-state index contributed by atoms with van der Waals surface area (Å²) >= 11 is 0. The third-order valence-electron chi connectivity index (χ3n) is 5.17. The first-order chi connectivity index (χ1) is 15.4. The maximum Gasteiger partial charge on any atom is 0.416 e. The summed E-state index contributed by atoms with van der Waals surface area (Å²) in [5, 5.41) is 5.91. The van der Waals surface area contributed by atoms with Crippen LogP contribution in [-0.2, 0) is 6.18 Å². The Morgan fingerprint density at radius 1 is 1.03 bits per heavy atom. The molecule has 1 aliphatic heterocycles. The number of ether oxygens (including phenoxy) is 1. The van der Waals surface area contributed by atoms with Gasteiger partial charge in [-0.15, -0.1) is 0 Å². The maximum atomic E-state index is 12.6. The predicted octanol–water partition coefficient (Wildman–Crippen LogP) is 3.55. The highest BCUT2D eigenvalue weighted by Crippen LogP contribution is 2.29. The van der Waals surface area contributed by atoms with Crippen molar-refractivity contribution < 1.29 is 22.7 Å². The molecule has 1 fully saturated rings. The zero-order chi connectivity index (χ0) is 23.0. The molecule has 0 spiro atoms. The van der Waals surface area contributed by atoms with Crippen molar-refractivity contribution in [2.24, 2.45) is 4.99 Å². The van der Waals surface area contributed by atoms with Gasteiger partial charge in [-0.2, -0.15) is 13.2 Å². The molecule has 0 bridgehead atoms. The van der Waals surface area contributed by atoms with Gasteiger partial charge in [0.05, 0.1) is 5.56 Å². The highest BCUT2D eigenvalue weighted by molar-refractivity contribution is 5.94. The first-order valence-electron chi connectivity index (χ1n) is 10.5. The molecule has 1 heterocycles. The number of benzene rings is 2. The average Bonchev–Trinajstić information content (AvgIpc) is 2.80. The largest absolute Gasteiger partial charge is 0.490 e. The fourth-order valence-electron chi connectivity index (χ4n) is 3.47. The van der Waals surface area contributed by atoms with Crippen molar-refractivity contribution in [3.05, 3.63) is 65.7 Å². The molecule has 0 aromatic heterocycles. The first-order valence-corrected chi connectivity index (χ1v) is 10.5. The third kappa shape index (κ3) is 6.63. The molecule has 9 heteroatoms. The molecule has 0 radical (unpaired) electrons. The summed E-state index contributed by atoms with van der Waals surface area (Å²) in [6.07, 6.45) is -2.51. The number of guanidine groups is 1. The Bertz CT molecular complexity index is 894. The molecule has 32 heavy (non-hydrogen) atoms. The molecule has 0 saturated carbocycles. The minimum absolute atomic E-state index is 0.162. The number of piperidine rings is 1. The van der Waals surface area contributed by atoms with E-state index < -0.39 is 17.6 Å². The van der Waals surface area contributed by atoms with Gasteiger partial charge in [0.1, 0.15) is 11.9 Å². The number of carbonyl (C=O) groups excluding carboxylic acids is 1.